The SMILES string of the molecule is Cc1cc2sccc2c(C)c1C=O. The Labute approximate surface area is 81.0 Å². The summed E-state index contributed by atoms with van der Waals surface area (Å²) in [6.07, 6.45) is 0.946. The number of hydrogen-bond donors (Lipinski definition) is 0. The predicted octanol–water partition coefficient (Wildman–Crippen LogP) is 3.33. The molecule has 2 rings (SSSR count). The van der Waals surface area contributed by atoms with E-state index in [9.17, 15) is 4.79 Å². The first-order valence-electron chi connectivity index (χ1n) is 4.16. The van der Waals surface area contributed by atoms with E-state index in [4.69, 9.17) is 0 Å². The van der Waals surface area contributed by atoms with Gasteiger partial charge in [0.2, 0.25) is 0 Å². The van der Waals surface area contributed by atoms with Crippen LogP contribution in [0.1, 0.15) is 21.5 Å². The van der Waals surface area contributed by atoms with Crippen molar-refractivity contribution in [1.29, 1.82) is 0 Å². The van der Waals surface area contributed by atoms with Gasteiger partial charge in [0.25, 0.3) is 0 Å². The second kappa shape index (κ2) is 2.96. The summed E-state index contributed by atoms with van der Waals surface area (Å²) >= 11 is 1.72. The van der Waals surface area contributed by atoms with Crippen molar-refractivity contribution in [3.8, 4) is 0 Å². The smallest absolute Gasteiger partial charge is 0.150 e. The lowest BCUT2D eigenvalue weighted by Gasteiger charge is -2.04. The zero-order valence-electron chi connectivity index (χ0n) is 7.63. The fraction of sp³-hybridized carbons (Fsp3) is 0.182. The van der Waals surface area contributed by atoms with Gasteiger partial charge in [-0.05, 0) is 47.9 Å². The minimum Gasteiger partial charge on any atom is -0.298 e. The van der Waals surface area contributed by atoms with Crippen molar-refractivity contribution in [2.24, 2.45) is 0 Å². The predicted molar refractivity (Wildman–Crippen MR) is 56.7 cm³/mol. The molecule has 2 heteroatoms. The van der Waals surface area contributed by atoms with Crippen molar-refractivity contribution < 1.29 is 4.79 Å². The number of aldehydes is 1. The first-order chi connectivity index (χ1) is 6.24. The summed E-state index contributed by atoms with van der Waals surface area (Å²) in [5.41, 5.74) is 3.01. The number of hydrogen-bond acceptors (Lipinski definition) is 2. The number of thiophene rings is 1. The normalized spacial score (nSPS) is 10.6. The molecular weight excluding hydrogens is 180 g/mol. The maximum absolute atomic E-state index is 10.8. The van der Waals surface area contributed by atoms with Crippen molar-refractivity contribution in [2.45, 2.75) is 13.8 Å². The van der Waals surface area contributed by atoms with Gasteiger partial charge in [0, 0.05) is 10.3 Å². The van der Waals surface area contributed by atoms with Crippen LogP contribution < -0.4 is 0 Å². The minimum atomic E-state index is 0.839. The quantitative estimate of drug-likeness (QED) is 0.630. The van der Waals surface area contributed by atoms with Crippen molar-refractivity contribution in [3.63, 3.8) is 0 Å². The van der Waals surface area contributed by atoms with E-state index in [1.54, 1.807) is 11.3 Å². The van der Waals surface area contributed by atoms with Gasteiger partial charge in [-0.3, -0.25) is 4.79 Å². The average Bonchev–Trinajstić information content (AvgIpc) is 2.53. The molecule has 66 valence electrons. The lowest BCUT2D eigenvalue weighted by molar-refractivity contribution is 0.112. The third-order valence-corrected chi connectivity index (χ3v) is 3.26. The molecule has 1 aromatic carbocycles. The summed E-state index contributed by atoms with van der Waals surface area (Å²) in [5.74, 6) is 0. The molecule has 0 fully saturated rings. The van der Waals surface area contributed by atoms with E-state index in [1.807, 2.05) is 13.8 Å². The lowest BCUT2D eigenvalue weighted by Crippen LogP contribution is -1.90. The molecule has 0 aliphatic rings. The van der Waals surface area contributed by atoms with Crippen LogP contribution in [0.3, 0.4) is 0 Å². The molecule has 0 bridgehead atoms. The highest BCUT2D eigenvalue weighted by Gasteiger charge is 2.06. The summed E-state index contributed by atoms with van der Waals surface area (Å²) < 4.78 is 1.26. The summed E-state index contributed by atoms with van der Waals surface area (Å²) in [6, 6.07) is 4.15. The van der Waals surface area contributed by atoms with E-state index in [2.05, 4.69) is 17.5 Å². The van der Waals surface area contributed by atoms with Crippen LogP contribution in [0.4, 0.5) is 0 Å². The van der Waals surface area contributed by atoms with E-state index >= 15 is 0 Å². The molecular formula is C11H10OS. The fourth-order valence-electron chi connectivity index (χ4n) is 1.64. The monoisotopic (exact) mass is 190 g/mol. The third-order valence-electron chi connectivity index (χ3n) is 2.39. The molecule has 0 aliphatic heterocycles. The zero-order chi connectivity index (χ0) is 9.42. The molecule has 1 nitrogen and oxygen atoms in total. The molecule has 0 amide bonds. The molecule has 2 aromatic rings. The average molecular weight is 190 g/mol. The zero-order valence-corrected chi connectivity index (χ0v) is 8.44. The number of aryl methyl sites for hydroxylation is 2. The molecule has 0 saturated heterocycles. The van der Waals surface area contributed by atoms with E-state index in [-0.39, 0.29) is 0 Å². The molecule has 0 spiro atoms. The summed E-state index contributed by atoms with van der Waals surface area (Å²) in [7, 11) is 0. The summed E-state index contributed by atoms with van der Waals surface area (Å²) in [5, 5.41) is 3.27. The number of carbonyl (C=O) groups is 1. The van der Waals surface area contributed by atoms with Crippen LogP contribution in [0.25, 0.3) is 10.1 Å². The first kappa shape index (κ1) is 8.45. The summed E-state index contributed by atoms with van der Waals surface area (Å²) in [4.78, 5) is 10.8. The van der Waals surface area contributed by atoms with Crippen LogP contribution in [0, 0.1) is 13.8 Å². The molecule has 0 atom stereocenters. The Morgan fingerprint density at radius 3 is 2.85 bits per heavy atom. The van der Waals surface area contributed by atoms with Gasteiger partial charge in [-0.25, -0.2) is 0 Å². The van der Waals surface area contributed by atoms with Gasteiger partial charge in [0.15, 0.2) is 6.29 Å². The van der Waals surface area contributed by atoms with Gasteiger partial charge in [0.1, 0.15) is 0 Å². The highest BCUT2D eigenvalue weighted by Crippen LogP contribution is 2.28. The first-order valence-corrected chi connectivity index (χ1v) is 5.04. The Hall–Kier alpha value is -1.15. The Morgan fingerprint density at radius 2 is 2.15 bits per heavy atom. The van der Waals surface area contributed by atoms with Crippen LogP contribution in [0.2, 0.25) is 0 Å². The standard InChI is InChI=1S/C11H10OS/c1-7-5-11-9(3-4-13-11)8(2)10(7)6-12/h3-6H,1-2H3. The highest BCUT2D eigenvalue weighted by atomic mass is 32.1. The summed E-state index contributed by atoms with van der Waals surface area (Å²) in [6.45, 7) is 3.99. The van der Waals surface area contributed by atoms with Crippen LogP contribution in [0.15, 0.2) is 17.5 Å². The van der Waals surface area contributed by atoms with E-state index in [0.717, 1.165) is 23.0 Å². The molecule has 13 heavy (non-hydrogen) atoms. The Morgan fingerprint density at radius 1 is 1.38 bits per heavy atom. The van der Waals surface area contributed by atoms with Crippen molar-refractivity contribution >= 4 is 27.7 Å². The Bertz CT molecular complexity index is 468. The Balaban J connectivity index is 2.92. The van der Waals surface area contributed by atoms with Crippen molar-refractivity contribution in [2.75, 3.05) is 0 Å². The number of carbonyl (C=O) groups excluding carboxylic acids is 1. The van der Waals surface area contributed by atoms with Gasteiger partial charge >= 0.3 is 0 Å². The molecule has 0 N–H and O–H groups in total. The maximum atomic E-state index is 10.8. The lowest BCUT2D eigenvalue weighted by atomic mass is 10.0. The van der Waals surface area contributed by atoms with Gasteiger partial charge in [-0.2, -0.15) is 0 Å². The number of fused-ring (bicyclic) bond motifs is 1. The van der Waals surface area contributed by atoms with Crippen molar-refractivity contribution in [1.82, 2.24) is 0 Å². The van der Waals surface area contributed by atoms with Crippen LogP contribution in [0.5, 0.6) is 0 Å². The molecule has 1 heterocycles. The molecule has 0 radical (unpaired) electrons. The van der Waals surface area contributed by atoms with Crippen LogP contribution in [-0.4, -0.2) is 6.29 Å². The van der Waals surface area contributed by atoms with Gasteiger partial charge < -0.3 is 0 Å². The van der Waals surface area contributed by atoms with Crippen LogP contribution >= 0.6 is 11.3 Å². The number of rotatable bonds is 1. The topological polar surface area (TPSA) is 17.1 Å². The van der Waals surface area contributed by atoms with Crippen LogP contribution in [-0.2, 0) is 0 Å². The van der Waals surface area contributed by atoms with E-state index in [1.165, 1.54) is 10.1 Å². The molecule has 0 saturated carbocycles. The van der Waals surface area contributed by atoms with E-state index in [0.29, 0.717) is 0 Å². The second-order valence-electron chi connectivity index (χ2n) is 3.18. The Kier molecular flexibility index (Phi) is 1.93. The molecule has 1 aromatic heterocycles. The van der Waals surface area contributed by atoms with Gasteiger partial charge in [-0.15, -0.1) is 11.3 Å². The third kappa shape index (κ3) is 1.18. The largest absolute Gasteiger partial charge is 0.298 e. The van der Waals surface area contributed by atoms with Gasteiger partial charge in [-0.1, -0.05) is 0 Å². The maximum Gasteiger partial charge on any atom is 0.150 e. The highest BCUT2D eigenvalue weighted by molar-refractivity contribution is 7.17. The van der Waals surface area contributed by atoms with Gasteiger partial charge in [0.05, 0.1) is 0 Å². The fourth-order valence-corrected chi connectivity index (χ4v) is 2.58. The molecule has 0 unspecified atom stereocenters. The van der Waals surface area contributed by atoms with E-state index < -0.39 is 0 Å². The minimum absolute atomic E-state index is 0.839. The molecule has 0 aliphatic carbocycles. The second-order valence-corrected chi connectivity index (χ2v) is 4.13. The van der Waals surface area contributed by atoms with Crippen molar-refractivity contribution in [3.05, 3.63) is 34.2 Å². The number of benzene rings is 1.